The molecule has 3 aromatic rings. The Morgan fingerprint density at radius 3 is 2.54 bits per heavy atom. The fourth-order valence-corrected chi connectivity index (χ4v) is 2.72. The number of halogens is 1. The van der Waals surface area contributed by atoms with E-state index in [0.29, 0.717) is 28.8 Å². The van der Waals surface area contributed by atoms with Crippen molar-refractivity contribution in [1.82, 2.24) is 15.0 Å². The van der Waals surface area contributed by atoms with E-state index in [9.17, 15) is 4.79 Å². The van der Waals surface area contributed by atoms with Crippen LogP contribution in [0.1, 0.15) is 34.3 Å². The maximum Gasteiger partial charge on any atom is 0.254 e. The molecule has 5 nitrogen and oxygen atoms in total. The molecule has 0 aliphatic heterocycles. The average Bonchev–Trinajstić information content (AvgIpc) is 3.10. The summed E-state index contributed by atoms with van der Waals surface area (Å²) in [7, 11) is 0. The number of amides is 1. The highest BCUT2D eigenvalue weighted by Gasteiger charge is 2.19. The number of aryl methyl sites for hydroxylation is 2. The van der Waals surface area contributed by atoms with E-state index >= 15 is 0 Å². The van der Waals surface area contributed by atoms with Crippen molar-refractivity contribution in [1.29, 1.82) is 0 Å². The quantitative estimate of drug-likeness (QED) is 0.655. The summed E-state index contributed by atoms with van der Waals surface area (Å²) in [4.78, 5) is 18.8. The number of carbonyl (C=O) groups excluding carboxylic acids is 1. The Morgan fingerprint density at radius 2 is 1.88 bits per heavy atom. The Bertz CT molecular complexity index is 919. The van der Waals surface area contributed by atoms with E-state index in [0.717, 1.165) is 16.7 Å². The van der Waals surface area contributed by atoms with Crippen LogP contribution in [0, 0.1) is 13.8 Å². The molecule has 1 heterocycles. The summed E-state index contributed by atoms with van der Waals surface area (Å²) in [6.07, 6.45) is 0. The third kappa shape index (κ3) is 3.94. The van der Waals surface area contributed by atoms with Crippen LogP contribution < -0.4 is 0 Å². The van der Waals surface area contributed by atoms with Gasteiger partial charge in [0.15, 0.2) is 0 Å². The first kappa shape index (κ1) is 18.1. The molecule has 0 unspecified atom stereocenters. The van der Waals surface area contributed by atoms with E-state index in [1.807, 2.05) is 51.1 Å². The van der Waals surface area contributed by atoms with Gasteiger partial charge in [-0.05, 0) is 38.5 Å². The largest absolute Gasteiger partial charge is 0.337 e. The van der Waals surface area contributed by atoms with Gasteiger partial charge < -0.3 is 9.42 Å². The van der Waals surface area contributed by atoms with E-state index in [2.05, 4.69) is 10.1 Å². The van der Waals surface area contributed by atoms with E-state index in [4.69, 9.17) is 16.1 Å². The van der Waals surface area contributed by atoms with Crippen LogP contribution in [0.15, 0.2) is 47.0 Å². The van der Waals surface area contributed by atoms with E-state index in [-0.39, 0.29) is 12.5 Å². The highest BCUT2D eigenvalue weighted by molar-refractivity contribution is 6.31. The normalized spacial score (nSPS) is 10.8. The molecule has 0 atom stereocenters. The first-order valence-electron chi connectivity index (χ1n) is 8.43. The third-order valence-electron chi connectivity index (χ3n) is 4.19. The average molecular weight is 370 g/mol. The van der Waals surface area contributed by atoms with Crippen molar-refractivity contribution >= 4 is 17.5 Å². The van der Waals surface area contributed by atoms with Gasteiger partial charge in [0.25, 0.3) is 5.91 Å². The molecule has 1 aromatic heterocycles. The molecule has 1 amide bonds. The van der Waals surface area contributed by atoms with Crippen LogP contribution in [0.4, 0.5) is 0 Å². The lowest BCUT2D eigenvalue weighted by Crippen LogP contribution is -2.30. The monoisotopic (exact) mass is 369 g/mol. The maximum absolute atomic E-state index is 12.7. The van der Waals surface area contributed by atoms with Gasteiger partial charge in [-0.2, -0.15) is 4.98 Å². The Morgan fingerprint density at radius 1 is 1.15 bits per heavy atom. The molecule has 0 bridgehead atoms. The van der Waals surface area contributed by atoms with Gasteiger partial charge in [0.05, 0.1) is 0 Å². The minimum absolute atomic E-state index is 0.121. The molecule has 0 spiro atoms. The van der Waals surface area contributed by atoms with Crippen molar-refractivity contribution in [3.63, 3.8) is 0 Å². The fraction of sp³-hybridized carbons (Fsp3) is 0.250. The van der Waals surface area contributed by atoms with Gasteiger partial charge in [0.1, 0.15) is 6.54 Å². The van der Waals surface area contributed by atoms with Gasteiger partial charge >= 0.3 is 0 Å². The molecule has 134 valence electrons. The zero-order valence-corrected chi connectivity index (χ0v) is 15.7. The van der Waals surface area contributed by atoms with Crippen LogP contribution >= 0.6 is 11.6 Å². The number of hydrogen-bond acceptors (Lipinski definition) is 4. The SMILES string of the molecule is CCN(Cc1nc(-c2ccc(C)cc2)no1)C(=O)c1ccc(C)c(Cl)c1. The molecule has 0 aliphatic rings. The van der Waals surface area contributed by atoms with Gasteiger partial charge in [-0.1, -0.05) is 52.7 Å². The van der Waals surface area contributed by atoms with Crippen LogP contribution in [0.5, 0.6) is 0 Å². The zero-order chi connectivity index (χ0) is 18.7. The number of carbonyl (C=O) groups is 1. The third-order valence-corrected chi connectivity index (χ3v) is 4.60. The van der Waals surface area contributed by atoms with Crippen molar-refractivity contribution in [2.24, 2.45) is 0 Å². The molecule has 0 N–H and O–H groups in total. The summed E-state index contributed by atoms with van der Waals surface area (Å²) in [5, 5.41) is 4.59. The molecule has 0 fully saturated rings. The Balaban J connectivity index is 1.76. The van der Waals surface area contributed by atoms with E-state index in [1.54, 1.807) is 17.0 Å². The lowest BCUT2D eigenvalue weighted by Gasteiger charge is -2.19. The molecule has 0 radical (unpaired) electrons. The van der Waals surface area contributed by atoms with Crippen molar-refractivity contribution < 1.29 is 9.32 Å². The summed E-state index contributed by atoms with van der Waals surface area (Å²) >= 11 is 6.14. The lowest BCUT2D eigenvalue weighted by atomic mass is 10.1. The van der Waals surface area contributed by atoms with E-state index in [1.165, 1.54) is 0 Å². The molecule has 0 saturated carbocycles. The molecule has 3 rings (SSSR count). The summed E-state index contributed by atoms with van der Waals surface area (Å²) in [6, 6.07) is 13.2. The summed E-state index contributed by atoms with van der Waals surface area (Å²) in [5.41, 5.74) is 3.52. The fourth-order valence-electron chi connectivity index (χ4n) is 2.54. The van der Waals surface area contributed by atoms with Crippen LogP contribution in [-0.2, 0) is 6.54 Å². The predicted molar refractivity (Wildman–Crippen MR) is 101 cm³/mol. The van der Waals surface area contributed by atoms with Gasteiger partial charge in [0.2, 0.25) is 11.7 Å². The second-order valence-corrected chi connectivity index (χ2v) is 6.57. The van der Waals surface area contributed by atoms with Crippen LogP contribution in [0.2, 0.25) is 5.02 Å². The first-order valence-corrected chi connectivity index (χ1v) is 8.80. The summed E-state index contributed by atoms with van der Waals surface area (Å²) in [6.45, 7) is 6.60. The van der Waals surface area contributed by atoms with Gasteiger partial charge in [0, 0.05) is 22.7 Å². The molecular formula is C20H20ClN3O2. The summed E-state index contributed by atoms with van der Waals surface area (Å²) < 4.78 is 5.33. The molecule has 0 aliphatic carbocycles. The van der Waals surface area contributed by atoms with Gasteiger partial charge in [-0.15, -0.1) is 0 Å². The van der Waals surface area contributed by atoms with Gasteiger partial charge in [-0.25, -0.2) is 0 Å². The number of nitrogens with zero attached hydrogens (tertiary/aromatic N) is 3. The number of aromatic nitrogens is 2. The Hall–Kier alpha value is -2.66. The van der Waals surface area contributed by atoms with Crippen molar-refractivity contribution in [2.45, 2.75) is 27.3 Å². The number of rotatable bonds is 5. The molecular weight excluding hydrogens is 350 g/mol. The second kappa shape index (κ2) is 7.70. The molecule has 0 saturated heterocycles. The maximum atomic E-state index is 12.7. The highest BCUT2D eigenvalue weighted by atomic mass is 35.5. The lowest BCUT2D eigenvalue weighted by molar-refractivity contribution is 0.0734. The predicted octanol–water partition coefficient (Wildman–Crippen LogP) is 4.67. The molecule has 2 aromatic carbocycles. The summed E-state index contributed by atoms with van der Waals surface area (Å²) in [5.74, 6) is 0.792. The van der Waals surface area contributed by atoms with Crippen LogP contribution in [-0.4, -0.2) is 27.5 Å². The van der Waals surface area contributed by atoms with Crippen molar-refractivity contribution in [2.75, 3.05) is 6.54 Å². The van der Waals surface area contributed by atoms with Gasteiger partial charge in [-0.3, -0.25) is 4.79 Å². The number of hydrogen-bond donors (Lipinski definition) is 0. The highest BCUT2D eigenvalue weighted by Crippen LogP contribution is 2.20. The standard InChI is InChI=1S/C20H20ClN3O2/c1-4-24(20(25)16-10-7-14(3)17(21)11-16)12-18-22-19(23-26-18)15-8-5-13(2)6-9-15/h5-11H,4,12H2,1-3H3. The minimum Gasteiger partial charge on any atom is -0.337 e. The van der Waals surface area contributed by atoms with Crippen molar-refractivity contribution in [3.05, 3.63) is 70.1 Å². The Kier molecular flexibility index (Phi) is 5.38. The Labute approximate surface area is 157 Å². The number of benzene rings is 2. The van der Waals surface area contributed by atoms with E-state index < -0.39 is 0 Å². The minimum atomic E-state index is -0.121. The van der Waals surface area contributed by atoms with Crippen LogP contribution in [0.25, 0.3) is 11.4 Å². The first-order chi connectivity index (χ1) is 12.5. The second-order valence-electron chi connectivity index (χ2n) is 6.16. The van der Waals surface area contributed by atoms with Crippen LogP contribution in [0.3, 0.4) is 0 Å². The topological polar surface area (TPSA) is 59.2 Å². The molecule has 6 heteroatoms. The zero-order valence-electron chi connectivity index (χ0n) is 15.0. The van der Waals surface area contributed by atoms with Crippen molar-refractivity contribution in [3.8, 4) is 11.4 Å². The smallest absolute Gasteiger partial charge is 0.254 e. The molecule has 26 heavy (non-hydrogen) atoms.